The Kier molecular flexibility index (Phi) is 3.69. The topological polar surface area (TPSA) is 25.8 Å². The van der Waals surface area contributed by atoms with E-state index in [1.54, 1.807) is 0 Å². The van der Waals surface area contributed by atoms with Crippen LogP contribution in [0.4, 0.5) is 0 Å². The Hall–Kier alpha value is -0.770. The standard InChI is InChI=1S/C11H8Cl2N2S/c1-7-4-2-3-5-9(7)16-10-8(12)6-14-11(13)15-10/h2-6H,1H3. The average Bonchev–Trinajstić information content (AvgIpc) is 2.27. The minimum atomic E-state index is 0.209. The molecule has 0 aliphatic carbocycles. The lowest BCUT2D eigenvalue weighted by Crippen LogP contribution is -1.87. The molecule has 16 heavy (non-hydrogen) atoms. The van der Waals surface area contributed by atoms with Crippen molar-refractivity contribution in [3.8, 4) is 0 Å². The first-order valence-electron chi connectivity index (χ1n) is 4.58. The minimum Gasteiger partial charge on any atom is -0.225 e. The Bertz CT molecular complexity index is 517. The summed E-state index contributed by atoms with van der Waals surface area (Å²) in [5, 5.41) is 1.40. The fourth-order valence-electron chi connectivity index (χ4n) is 1.18. The number of benzene rings is 1. The van der Waals surface area contributed by atoms with Gasteiger partial charge in [0, 0.05) is 4.90 Å². The Labute approximate surface area is 108 Å². The molecule has 0 aliphatic rings. The summed E-state index contributed by atoms with van der Waals surface area (Å²) in [5.41, 5.74) is 1.18. The normalized spacial score (nSPS) is 10.4. The fraction of sp³-hybridized carbons (Fsp3) is 0.0909. The predicted molar refractivity (Wildman–Crippen MR) is 67.4 cm³/mol. The molecule has 2 aromatic rings. The minimum absolute atomic E-state index is 0.209. The highest BCUT2D eigenvalue weighted by atomic mass is 35.5. The van der Waals surface area contributed by atoms with Gasteiger partial charge in [-0.3, -0.25) is 0 Å². The zero-order valence-electron chi connectivity index (χ0n) is 8.45. The van der Waals surface area contributed by atoms with Crippen molar-refractivity contribution >= 4 is 35.0 Å². The molecule has 5 heteroatoms. The van der Waals surface area contributed by atoms with Crippen LogP contribution in [0.5, 0.6) is 0 Å². The van der Waals surface area contributed by atoms with Crippen molar-refractivity contribution in [3.05, 3.63) is 46.3 Å². The molecule has 0 radical (unpaired) electrons. The first-order valence-corrected chi connectivity index (χ1v) is 6.15. The molecule has 0 amide bonds. The van der Waals surface area contributed by atoms with Gasteiger partial charge in [0.15, 0.2) is 0 Å². The van der Waals surface area contributed by atoms with Crippen LogP contribution in [0.25, 0.3) is 0 Å². The van der Waals surface area contributed by atoms with Crippen LogP contribution < -0.4 is 0 Å². The molecule has 0 aliphatic heterocycles. The maximum Gasteiger partial charge on any atom is 0.223 e. The Balaban J connectivity index is 2.34. The van der Waals surface area contributed by atoms with Gasteiger partial charge in [0.2, 0.25) is 5.28 Å². The molecule has 0 unspecified atom stereocenters. The molecule has 0 N–H and O–H groups in total. The maximum atomic E-state index is 5.99. The van der Waals surface area contributed by atoms with Crippen molar-refractivity contribution in [2.45, 2.75) is 16.8 Å². The quantitative estimate of drug-likeness (QED) is 0.603. The van der Waals surface area contributed by atoms with Gasteiger partial charge in [0.1, 0.15) is 5.03 Å². The van der Waals surface area contributed by atoms with Crippen LogP contribution in [0.2, 0.25) is 10.3 Å². The van der Waals surface area contributed by atoms with E-state index in [4.69, 9.17) is 23.2 Å². The van der Waals surface area contributed by atoms with E-state index in [0.29, 0.717) is 10.0 Å². The summed E-state index contributed by atoms with van der Waals surface area (Å²) in [7, 11) is 0. The molecule has 82 valence electrons. The first kappa shape index (κ1) is 11.7. The monoisotopic (exact) mass is 270 g/mol. The molecule has 2 rings (SSSR count). The Morgan fingerprint density at radius 3 is 2.69 bits per heavy atom. The number of halogens is 2. The molecular weight excluding hydrogens is 263 g/mol. The lowest BCUT2D eigenvalue weighted by Gasteiger charge is -2.05. The lowest BCUT2D eigenvalue weighted by molar-refractivity contribution is 1.05. The molecule has 1 aromatic carbocycles. The number of aryl methyl sites for hydroxylation is 1. The number of hydrogen-bond donors (Lipinski definition) is 0. The van der Waals surface area contributed by atoms with E-state index in [1.807, 2.05) is 31.2 Å². The molecule has 0 saturated carbocycles. The molecule has 1 aromatic heterocycles. The van der Waals surface area contributed by atoms with Crippen molar-refractivity contribution in [1.82, 2.24) is 9.97 Å². The second-order valence-corrected chi connectivity index (χ2v) is 4.94. The van der Waals surface area contributed by atoms with Gasteiger partial charge in [0.25, 0.3) is 0 Å². The SMILES string of the molecule is Cc1ccccc1Sc1nc(Cl)ncc1Cl. The highest BCUT2D eigenvalue weighted by Gasteiger charge is 2.07. The zero-order valence-corrected chi connectivity index (χ0v) is 10.8. The summed E-state index contributed by atoms with van der Waals surface area (Å²) >= 11 is 13.2. The lowest BCUT2D eigenvalue weighted by atomic mass is 10.2. The molecule has 0 bridgehead atoms. The number of rotatable bonds is 2. The van der Waals surface area contributed by atoms with Crippen molar-refractivity contribution in [2.24, 2.45) is 0 Å². The van der Waals surface area contributed by atoms with E-state index in [9.17, 15) is 0 Å². The third-order valence-corrected chi connectivity index (χ3v) is 3.74. The van der Waals surface area contributed by atoms with Gasteiger partial charge in [0.05, 0.1) is 11.2 Å². The van der Waals surface area contributed by atoms with Crippen LogP contribution in [0.3, 0.4) is 0 Å². The van der Waals surface area contributed by atoms with E-state index in [-0.39, 0.29) is 5.28 Å². The summed E-state index contributed by atoms with van der Waals surface area (Å²) in [6.45, 7) is 2.04. The van der Waals surface area contributed by atoms with Crippen LogP contribution in [0, 0.1) is 6.92 Å². The van der Waals surface area contributed by atoms with Crippen molar-refractivity contribution < 1.29 is 0 Å². The van der Waals surface area contributed by atoms with Crippen LogP contribution in [0.1, 0.15) is 5.56 Å². The van der Waals surface area contributed by atoms with Crippen LogP contribution in [-0.4, -0.2) is 9.97 Å². The van der Waals surface area contributed by atoms with Crippen LogP contribution in [0.15, 0.2) is 40.4 Å². The second kappa shape index (κ2) is 5.04. The summed E-state index contributed by atoms with van der Waals surface area (Å²) in [4.78, 5) is 9.02. The van der Waals surface area contributed by atoms with E-state index in [0.717, 1.165) is 4.90 Å². The maximum absolute atomic E-state index is 5.99. The van der Waals surface area contributed by atoms with Crippen molar-refractivity contribution in [3.63, 3.8) is 0 Å². The number of hydrogen-bond acceptors (Lipinski definition) is 3. The molecule has 0 spiro atoms. The average molecular weight is 271 g/mol. The fourth-order valence-corrected chi connectivity index (χ4v) is 2.43. The number of aromatic nitrogens is 2. The summed E-state index contributed by atoms with van der Waals surface area (Å²) in [6, 6.07) is 8.03. The zero-order chi connectivity index (χ0) is 11.5. The molecule has 0 fully saturated rings. The van der Waals surface area contributed by atoms with Gasteiger partial charge in [-0.1, -0.05) is 41.6 Å². The molecule has 0 atom stereocenters. The van der Waals surface area contributed by atoms with Crippen molar-refractivity contribution in [2.75, 3.05) is 0 Å². The van der Waals surface area contributed by atoms with E-state index >= 15 is 0 Å². The van der Waals surface area contributed by atoms with E-state index in [2.05, 4.69) is 9.97 Å². The Morgan fingerprint density at radius 2 is 1.94 bits per heavy atom. The van der Waals surface area contributed by atoms with Crippen molar-refractivity contribution in [1.29, 1.82) is 0 Å². The van der Waals surface area contributed by atoms with E-state index < -0.39 is 0 Å². The number of nitrogens with zero attached hydrogens (tertiary/aromatic N) is 2. The van der Waals surface area contributed by atoms with Gasteiger partial charge < -0.3 is 0 Å². The summed E-state index contributed by atoms with van der Waals surface area (Å²) < 4.78 is 0. The van der Waals surface area contributed by atoms with E-state index in [1.165, 1.54) is 23.5 Å². The summed E-state index contributed by atoms with van der Waals surface area (Å²) in [5.74, 6) is 0. The molecule has 1 heterocycles. The van der Waals surface area contributed by atoms with Gasteiger partial charge in [-0.05, 0) is 30.2 Å². The van der Waals surface area contributed by atoms with Gasteiger partial charge in [-0.15, -0.1) is 0 Å². The third kappa shape index (κ3) is 2.67. The largest absolute Gasteiger partial charge is 0.225 e. The van der Waals surface area contributed by atoms with Crippen LogP contribution >= 0.6 is 35.0 Å². The molecular formula is C11H8Cl2N2S. The Morgan fingerprint density at radius 1 is 1.19 bits per heavy atom. The molecule has 2 nitrogen and oxygen atoms in total. The highest BCUT2D eigenvalue weighted by molar-refractivity contribution is 7.99. The van der Waals surface area contributed by atoms with Gasteiger partial charge in [-0.25, -0.2) is 9.97 Å². The van der Waals surface area contributed by atoms with Gasteiger partial charge >= 0.3 is 0 Å². The second-order valence-electron chi connectivity index (χ2n) is 3.16. The molecule has 0 saturated heterocycles. The van der Waals surface area contributed by atoms with Gasteiger partial charge in [-0.2, -0.15) is 0 Å². The predicted octanol–water partition coefficient (Wildman–Crippen LogP) is 4.24. The highest BCUT2D eigenvalue weighted by Crippen LogP contribution is 2.33. The van der Waals surface area contributed by atoms with Crippen LogP contribution in [-0.2, 0) is 0 Å². The summed E-state index contributed by atoms with van der Waals surface area (Å²) in [6.07, 6.45) is 1.51. The first-order chi connectivity index (χ1) is 7.66. The third-order valence-electron chi connectivity index (χ3n) is 1.98. The smallest absolute Gasteiger partial charge is 0.223 e.